The third-order valence-electron chi connectivity index (χ3n) is 8.46. The van der Waals surface area contributed by atoms with Gasteiger partial charge in [-0.15, -0.1) is 0 Å². The number of hydrogen-bond acceptors (Lipinski definition) is 4. The van der Waals surface area contributed by atoms with Gasteiger partial charge in [-0.1, -0.05) is 60.7 Å². The van der Waals surface area contributed by atoms with Gasteiger partial charge in [0.2, 0.25) is 0 Å². The minimum atomic E-state index is 0.608. The molecule has 0 saturated heterocycles. The lowest BCUT2D eigenvalue weighted by Crippen LogP contribution is -2.11. The molecule has 8 rings (SSSR count). The van der Waals surface area contributed by atoms with Gasteiger partial charge in [-0.3, -0.25) is 0 Å². The predicted octanol–water partition coefficient (Wildman–Crippen LogP) is 9.86. The summed E-state index contributed by atoms with van der Waals surface area (Å²) in [6, 6.07) is 47.3. The monoisotopic (exact) mass is 564 g/mol. The van der Waals surface area contributed by atoms with Gasteiger partial charge < -0.3 is 13.9 Å². The van der Waals surface area contributed by atoms with Gasteiger partial charge in [-0.05, 0) is 72.3 Å². The van der Waals surface area contributed by atoms with E-state index in [0.717, 1.165) is 71.9 Å². The summed E-state index contributed by atoms with van der Waals surface area (Å²) in [5.74, 6) is 0. The van der Waals surface area contributed by atoms with Crippen LogP contribution in [0.5, 0.6) is 0 Å². The Balaban J connectivity index is 1.31. The first-order valence-corrected chi connectivity index (χ1v) is 14.4. The number of rotatable bonds is 4. The number of fused-ring (bicyclic) bond motifs is 6. The van der Waals surface area contributed by atoms with E-state index >= 15 is 0 Å². The Morgan fingerprint density at radius 2 is 1.27 bits per heavy atom. The van der Waals surface area contributed by atoms with Crippen LogP contribution in [-0.4, -0.2) is 11.6 Å². The Hall–Kier alpha value is -6.30. The van der Waals surface area contributed by atoms with Crippen LogP contribution in [0.3, 0.4) is 0 Å². The summed E-state index contributed by atoms with van der Waals surface area (Å²) in [6.45, 7) is 0. The maximum Gasteiger partial charge on any atom is 0.135 e. The molecule has 0 atom stereocenters. The zero-order chi connectivity index (χ0) is 29.8. The smallest absolute Gasteiger partial charge is 0.135 e. The average Bonchev–Trinajstić information content (AvgIpc) is 3.62. The molecule has 44 heavy (non-hydrogen) atoms. The molecule has 0 spiro atoms. The van der Waals surface area contributed by atoms with E-state index in [4.69, 9.17) is 4.42 Å². The third-order valence-corrected chi connectivity index (χ3v) is 8.46. The van der Waals surface area contributed by atoms with E-state index < -0.39 is 0 Å². The molecule has 0 aliphatic heterocycles. The molecule has 0 aliphatic rings. The Morgan fingerprint density at radius 1 is 0.591 bits per heavy atom. The molecule has 0 amide bonds. The van der Waals surface area contributed by atoms with Crippen LogP contribution in [0.25, 0.3) is 60.6 Å². The van der Waals surface area contributed by atoms with Gasteiger partial charge >= 0.3 is 0 Å². The van der Waals surface area contributed by atoms with Crippen molar-refractivity contribution in [3.63, 3.8) is 0 Å². The van der Waals surface area contributed by atoms with Gasteiger partial charge in [0.25, 0.3) is 0 Å². The number of aromatic nitrogens is 1. The third kappa shape index (κ3) is 3.92. The zero-order valence-corrected chi connectivity index (χ0v) is 23.8. The first-order valence-electron chi connectivity index (χ1n) is 14.4. The largest absolute Gasteiger partial charge is 0.456 e. The summed E-state index contributed by atoms with van der Waals surface area (Å²) in [7, 11) is 2.03. The first-order chi connectivity index (χ1) is 21.6. The average molecular weight is 565 g/mol. The molecule has 0 bridgehead atoms. The van der Waals surface area contributed by atoms with Crippen molar-refractivity contribution in [2.45, 2.75) is 0 Å². The Labute approximate surface area is 253 Å². The van der Waals surface area contributed by atoms with E-state index in [9.17, 15) is 10.5 Å². The van der Waals surface area contributed by atoms with E-state index in [2.05, 4.69) is 70.1 Å². The number of nitrogens with zero attached hydrogens (tertiary/aromatic N) is 4. The summed E-state index contributed by atoms with van der Waals surface area (Å²) in [5, 5.41) is 23.6. The van der Waals surface area contributed by atoms with E-state index in [1.54, 1.807) is 0 Å². The minimum absolute atomic E-state index is 0.608. The van der Waals surface area contributed by atoms with Gasteiger partial charge in [0.15, 0.2) is 0 Å². The van der Waals surface area contributed by atoms with Crippen LogP contribution in [0.2, 0.25) is 0 Å². The summed E-state index contributed by atoms with van der Waals surface area (Å²) in [4.78, 5) is 2.13. The molecule has 0 saturated carbocycles. The SMILES string of the molecule is CN(c1ccc2oc3ccc(-n4c5ccccc5c5ccc(C#N)cc54)cc3c2c1)c1cc(C#N)ccc1-c1ccccc1. The standard InChI is InChI=1S/C39H24N4O/c1-42(36-19-25(23-40)11-15-30(36)27-7-3-2-4-8-27)28-13-17-38-33(21-28)34-22-29(14-18-39(34)44-38)43-35-10-6-5-9-31(35)32-16-12-26(24-41)20-37(32)43/h2-22H,1H3. The zero-order valence-electron chi connectivity index (χ0n) is 23.8. The fourth-order valence-electron chi connectivity index (χ4n) is 6.30. The van der Waals surface area contributed by atoms with Gasteiger partial charge in [0.1, 0.15) is 11.2 Å². The normalized spacial score (nSPS) is 11.2. The molecule has 8 aromatic rings. The summed E-state index contributed by atoms with van der Waals surface area (Å²) in [6.07, 6.45) is 0. The van der Waals surface area contributed by atoms with Gasteiger partial charge in [0, 0.05) is 45.5 Å². The number of nitriles is 2. The van der Waals surface area contributed by atoms with Crippen molar-refractivity contribution in [1.82, 2.24) is 4.57 Å². The van der Waals surface area contributed by atoms with E-state index in [-0.39, 0.29) is 0 Å². The van der Waals surface area contributed by atoms with Crippen LogP contribution in [0.1, 0.15) is 11.1 Å². The van der Waals surface area contributed by atoms with E-state index in [1.165, 1.54) is 0 Å². The van der Waals surface area contributed by atoms with Crippen LogP contribution in [-0.2, 0) is 0 Å². The number of benzene rings is 6. The van der Waals surface area contributed by atoms with Crippen LogP contribution >= 0.6 is 0 Å². The van der Waals surface area contributed by atoms with Crippen LogP contribution in [0.4, 0.5) is 11.4 Å². The Kier molecular flexibility index (Phi) is 5.72. The highest BCUT2D eigenvalue weighted by Crippen LogP contribution is 2.39. The van der Waals surface area contributed by atoms with Crippen LogP contribution < -0.4 is 4.90 Å². The van der Waals surface area contributed by atoms with Crippen molar-refractivity contribution in [3.8, 4) is 29.0 Å². The maximum absolute atomic E-state index is 9.67. The van der Waals surface area contributed by atoms with Crippen LogP contribution in [0, 0.1) is 22.7 Å². The topological polar surface area (TPSA) is 68.9 Å². The molecule has 5 heteroatoms. The Bertz CT molecular complexity index is 2490. The lowest BCUT2D eigenvalue weighted by molar-refractivity contribution is 0.669. The summed E-state index contributed by atoms with van der Waals surface area (Å²) in [5.41, 5.74) is 9.97. The fourth-order valence-corrected chi connectivity index (χ4v) is 6.30. The molecule has 0 N–H and O–H groups in total. The highest BCUT2D eigenvalue weighted by Gasteiger charge is 2.17. The second-order valence-electron chi connectivity index (χ2n) is 10.9. The lowest BCUT2D eigenvalue weighted by Gasteiger charge is -2.23. The highest BCUT2D eigenvalue weighted by atomic mass is 16.3. The molecular weight excluding hydrogens is 540 g/mol. The number of hydrogen-bond donors (Lipinski definition) is 0. The minimum Gasteiger partial charge on any atom is -0.456 e. The molecule has 2 heterocycles. The second kappa shape index (κ2) is 9.91. The van der Waals surface area contributed by atoms with E-state index in [1.807, 2.05) is 85.9 Å². The van der Waals surface area contributed by atoms with Crippen molar-refractivity contribution >= 4 is 55.1 Å². The van der Waals surface area contributed by atoms with Gasteiger partial charge in [0.05, 0.1) is 40.0 Å². The molecule has 0 unspecified atom stereocenters. The quantitative estimate of drug-likeness (QED) is 0.213. The van der Waals surface area contributed by atoms with Gasteiger partial charge in [-0.25, -0.2) is 0 Å². The summed E-state index contributed by atoms with van der Waals surface area (Å²) >= 11 is 0. The fraction of sp³-hybridized carbons (Fsp3) is 0.0256. The molecule has 0 radical (unpaired) electrons. The van der Waals surface area contributed by atoms with Crippen molar-refractivity contribution in [1.29, 1.82) is 10.5 Å². The van der Waals surface area contributed by atoms with Crippen molar-refractivity contribution < 1.29 is 4.42 Å². The Morgan fingerprint density at radius 3 is 2.09 bits per heavy atom. The number of furan rings is 1. The van der Waals surface area contributed by atoms with Crippen LogP contribution in [0.15, 0.2) is 132 Å². The van der Waals surface area contributed by atoms with Crippen molar-refractivity contribution in [3.05, 3.63) is 139 Å². The molecule has 6 aromatic carbocycles. The molecule has 0 aliphatic carbocycles. The highest BCUT2D eigenvalue weighted by molar-refractivity contribution is 6.11. The van der Waals surface area contributed by atoms with E-state index in [0.29, 0.717) is 11.1 Å². The molecule has 2 aromatic heterocycles. The predicted molar refractivity (Wildman–Crippen MR) is 177 cm³/mol. The molecule has 5 nitrogen and oxygen atoms in total. The molecule has 206 valence electrons. The summed E-state index contributed by atoms with van der Waals surface area (Å²) < 4.78 is 8.51. The maximum atomic E-state index is 9.67. The molecular formula is C39H24N4O. The second-order valence-corrected chi connectivity index (χ2v) is 10.9. The lowest BCUT2D eigenvalue weighted by atomic mass is 10.0. The molecule has 0 fully saturated rings. The number of para-hydroxylation sites is 1. The van der Waals surface area contributed by atoms with Crippen molar-refractivity contribution in [2.75, 3.05) is 11.9 Å². The van der Waals surface area contributed by atoms with Crippen molar-refractivity contribution in [2.24, 2.45) is 0 Å². The van der Waals surface area contributed by atoms with Gasteiger partial charge in [-0.2, -0.15) is 10.5 Å². The first kappa shape index (κ1) is 25.4. The number of anilines is 2.